The van der Waals surface area contributed by atoms with Gasteiger partial charge in [0.05, 0.1) is 11.1 Å². The zero-order chi connectivity index (χ0) is 20.5. The number of amides is 1. The minimum absolute atomic E-state index is 0.156. The Morgan fingerprint density at radius 3 is 2.43 bits per heavy atom. The van der Waals surface area contributed by atoms with E-state index in [4.69, 9.17) is 4.74 Å². The summed E-state index contributed by atoms with van der Waals surface area (Å²) < 4.78 is 31.6. The fourth-order valence-electron chi connectivity index (χ4n) is 2.73. The summed E-state index contributed by atoms with van der Waals surface area (Å²) in [6, 6.07) is 6.56. The van der Waals surface area contributed by atoms with E-state index in [0.717, 1.165) is 15.2 Å². The van der Waals surface area contributed by atoms with Crippen molar-refractivity contribution in [2.45, 2.75) is 44.6 Å². The molecule has 0 saturated carbocycles. The maximum Gasteiger partial charge on any atom is 0.410 e. The molecule has 1 aliphatic heterocycles. The van der Waals surface area contributed by atoms with Crippen LogP contribution in [0.3, 0.4) is 0 Å². The van der Waals surface area contributed by atoms with Crippen LogP contribution in [-0.4, -0.2) is 52.5 Å². The third kappa shape index (κ3) is 4.41. The van der Waals surface area contributed by atoms with Gasteiger partial charge in [-0.3, -0.25) is 0 Å². The summed E-state index contributed by atoms with van der Waals surface area (Å²) >= 11 is 0. The smallest absolute Gasteiger partial charge is 0.410 e. The minimum Gasteiger partial charge on any atom is -0.444 e. The Morgan fingerprint density at radius 2 is 1.86 bits per heavy atom. The lowest BCUT2D eigenvalue weighted by molar-refractivity contribution is 0.0270. The van der Waals surface area contributed by atoms with Crippen LogP contribution in [0.25, 0.3) is 5.57 Å². The number of hydrogen-bond donors (Lipinski definition) is 0. The Bertz CT molecular complexity index is 1000. The van der Waals surface area contributed by atoms with E-state index in [1.165, 1.54) is 6.20 Å². The molecule has 0 N–H and O–H groups in total. The molecule has 1 aromatic carbocycles. The standard InChI is InChI=1S/C19H24N4O4S/c1-14-5-7-16(8-6-14)28(25,26)23-13-17(20-21-23)15-9-11-22(12-10-15)18(24)27-19(2,3)4/h5-9,13H,10-12H2,1-4H3. The van der Waals surface area contributed by atoms with Crippen LogP contribution >= 0.6 is 0 Å². The average Bonchev–Trinajstić information content (AvgIpc) is 3.12. The molecule has 2 heterocycles. The van der Waals surface area contributed by atoms with Gasteiger partial charge in [0.15, 0.2) is 0 Å². The molecule has 0 atom stereocenters. The maximum atomic E-state index is 12.7. The molecular formula is C19H24N4O4S. The summed E-state index contributed by atoms with van der Waals surface area (Å²) in [6.45, 7) is 8.20. The Labute approximate surface area is 164 Å². The van der Waals surface area contributed by atoms with Gasteiger partial charge in [-0.15, -0.1) is 9.19 Å². The Kier molecular flexibility index (Phi) is 5.29. The molecule has 150 valence electrons. The number of benzene rings is 1. The third-order valence-electron chi connectivity index (χ3n) is 4.23. The number of hydrogen-bond acceptors (Lipinski definition) is 6. The van der Waals surface area contributed by atoms with E-state index in [0.29, 0.717) is 25.2 Å². The molecule has 8 nitrogen and oxygen atoms in total. The highest BCUT2D eigenvalue weighted by atomic mass is 32.2. The van der Waals surface area contributed by atoms with E-state index in [-0.39, 0.29) is 11.0 Å². The molecule has 1 aliphatic rings. The van der Waals surface area contributed by atoms with Gasteiger partial charge in [0.2, 0.25) is 0 Å². The predicted octanol–water partition coefficient (Wildman–Crippen LogP) is 2.85. The normalized spacial score (nSPS) is 15.3. The number of nitrogens with zero attached hydrogens (tertiary/aromatic N) is 4. The number of ether oxygens (including phenoxy) is 1. The van der Waals surface area contributed by atoms with Crippen LogP contribution in [0.1, 0.15) is 38.4 Å². The minimum atomic E-state index is -3.79. The number of aromatic nitrogens is 3. The van der Waals surface area contributed by atoms with Crippen LogP contribution in [0.5, 0.6) is 0 Å². The summed E-state index contributed by atoms with van der Waals surface area (Å²) in [6.07, 6.45) is 3.43. The lowest BCUT2D eigenvalue weighted by Gasteiger charge is -2.29. The predicted molar refractivity (Wildman–Crippen MR) is 104 cm³/mol. The largest absolute Gasteiger partial charge is 0.444 e. The fraction of sp³-hybridized carbons (Fsp3) is 0.421. The zero-order valence-corrected chi connectivity index (χ0v) is 17.2. The van der Waals surface area contributed by atoms with Crippen molar-refractivity contribution in [1.29, 1.82) is 0 Å². The van der Waals surface area contributed by atoms with Crippen LogP contribution in [0.2, 0.25) is 0 Å². The molecule has 0 fully saturated rings. The Balaban J connectivity index is 1.74. The Hall–Kier alpha value is -2.68. The fourth-order valence-corrected chi connectivity index (χ4v) is 3.79. The van der Waals surface area contributed by atoms with Gasteiger partial charge in [0, 0.05) is 13.1 Å². The van der Waals surface area contributed by atoms with Gasteiger partial charge >= 0.3 is 6.09 Å². The lowest BCUT2D eigenvalue weighted by atomic mass is 10.1. The molecule has 9 heteroatoms. The van der Waals surface area contributed by atoms with Gasteiger partial charge in [0.25, 0.3) is 10.0 Å². The van der Waals surface area contributed by atoms with Crippen molar-refractivity contribution in [3.63, 3.8) is 0 Å². The molecule has 2 aromatic rings. The first-order valence-corrected chi connectivity index (χ1v) is 10.4. The van der Waals surface area contributed by atoms with E-state index in [1.54, 1.807) is 29.2 Å². The van der Waals surface area contributed by atoms with Gasteiger partial charge < -0.3 is 9.64 Å². The number of carbonyl (C=O) groups excluding carboxylic acids is 1. The van der Waals surface area contributed by atoms with Crippen molar-refractivity contribution in [2.24, 2.45) is 0 Å². The van der Waals surface area contributed by atoms with Crippen molar-refractivity contribution in [3.8, 4) is 0 Å². The van der Waals surface area contributed by atoms with Crippen molar-refractivity contribution >= 4 is 21.7 Å². The second-order valence-electron chi connectivity index (χ2n) is 7.70. The number of aryl methyl sites for hydroxylation is 1. The van der Waals surface area contributed by atoms with Crippen LogP contribution in [0, 0.1) is 6.92 Å². The quantitative estimate of drug-likeness (QED) is 0.781. The van der Waals surface area contributed by atoms with E-state index in [9.17, 15) is 13.2 Å². The van der Waals surface area contributed by atoms with E-state index in [1.807, 2.05) is 33.8 Å². The SMILES string of the molecule is Cc1ccc(S(=O)(=O)n2cc(C3=CCN(C(=O)OC(C)(C)C)CC3)nn2)cc1. The average molecular weight is 404 g/mol. The monoisotopic (exact) mass is 404 g/mol. The van der Waals surface area contributed by atoms with Crippen LogP contribution in [0.4, 0.5) is 4.79 Å². The van der Waals surface area contributed by atoms with E-state index < -0.39 is 15.6 Å². The van der Waals surface area contributed by atoms with Gasteiger partial charge in [-0.2, -0.15) is 8.42 Å². The molecule has 0 bridgehead atoms. The number of carbonyl (C=O) groups is 1. The second kappa shape index (κ2) is 7.38. The van der Waals surface area contributed by atoms with Crippen LogP contribution < -0.4 is 0 Å². The molecule has 0 radical (unpaired) electrons. The number of rotatable bonds is 3. The Morgan fingerprint density at radius 1 is 1.18 bits per heavy atom. The summed E-state index contributed by atoms with van der Waals surface area (Å²) in [5.41, 5.74) is 1.76. The summed E-state index contributed by atoms with van der Waals surface area (Å²) in [5, 5.41) is 7.81. The first kappa shape index (κ1) is 20.1. The second-order valence-corrected chi connectivity index (χ2v) is 9.50. The molecule has 0 aliphatic carbocycles. The van der Waals surface area contributed by atoms with Gasteiger partial charge in [-0.05, 0) is 51.8 Å². The topological polar surface area (TPSA) is 94.4 Å². The molecule has 28 heavy (non-hydrogen) atoms. The highest BCUT2D eigenvalue weighted by Crippen LogP contribution is 2.23. The molecule has 1 amide bonds. The third-order valence-corrected chi connectivity index (χ3v) is 5.77. The van der Waals surface area contributed by atoms with Crippen LogP contribution in [-0.2, 0) is 14.8 Å². The first-order chi connectivity index (χ1) is 13.1. The van der Waals surface area contributed by atoms with Crippen LogP contribution in [0.15, 0.2) is 41.4 Å². The summed E-state index contributed by atoms with van der Waals surface area (Å²) in [4.78, 5) is 13.9. The molecular weight excluding hydrogens is 380 g/mol. The maximum absolute atomic E-state index is 12.7. The van der Waals surface area contributed by atoms with Crippen molar-refractivity contribution in [2.75, 3.05) is 13.1 Å². The first-order valence-electron chi connectivity index (χ1n) is 8.98. The van der Waals surface area contributed by atoms with E-state index >= 15 is 0 Å². The van der Waals surface area contributed by atoms with Crippen molar-refractivity contribution in [1.82, 2.24) is 19.3 Å². The van der Waals surface area contributed by atoms with E-state index in [2.05, 4.69) is 10.3 Å². The zero-order valence-electron chi connectivity index (χ0n) is 16.4. The van der Waals surface area contributed by atoms with Crippen molar-refractivity contribution < 1.29 is 17.9 Å². The van der Waals surface area contributed by atoms with Gasteiger partial charge in [-0.1, -0.05) is 29.0 Å². The highest BCUT2D eigenvalue weighted by molar-refractivity contribution is 7.89. The molecule has 0 unspecified atom stereocenters. The molecule has 0 saturated heterocycles. The molecule has 3 rings (SSSR count). The molecule has 0 spiro atoms. The highest BCUT2D eigenvalue weighted by Gasteiger charge is 2.25. The van der Waals surface area contributed by atoms with Gasteiger partial charge in [0.1, 0.15) is 11.3 Å². The summed E-state index contributed by atoms with van der Waals surface area (Å²) in [7, 11) is -3.79. The summed E-state index contributed by atoms with van der Waals surface area (Å²) in [5.74, 6) is 0. The lowest BCUT2D eigenvalue weighted by Crippen LogP contribution is -2.39. The van der Waals surface area contributed by atoms with Crippen molar-refractivity contribution in [3.05, 3.63) is 47.8 Å². The van der Waals surface area contributed by atoms with Gasteiger partial charge in [-0.25, -0.2) is 4.79 Å². The molecule has 1 aromatic heterocycles.